The van der Waals surface area contributed by atoms with Crippen LogP contribution in [-0.2, 0) is 11.3 Å². The second-order valence-corrected chi connectivity index (χ2v) is 8.95. The Bertz CT molecular complexity index is 1080. The highest BCUT2D eigenvalue weighted by Crippen LogP contribution is 2.28. The Morgan fingerprint density at radius 2 is 2.00 bits per heavy atom. The molecule has 28 heavy (non-hydrogen) atoms. The van der Waals surface area contributed by atoms with Crippen LogP contribution in [0.2, 0.25) is 0 Å². The first-order chi connectivity index (χ1) is 13.5. The van der Waals surface area contributed by atoms with Crippen LogP contribution in [0.1, 0.15) is 16.0 Å². The number of thiophene rings is 1. The molecule has 0 unspecified atom stereocenters. The zero-order valence-corrected chi connectivity index (χ0v) is 17.4. The summed E-state index contributed by atoms with van der Waals surface area (Å²) >= 11 is 3.07. The zero-order valence-electron chi connectivity index (χ0n) is 15.8. The van der Waals surface area contributed by atoms with Gasteiger partial charge in [-0.2, -0.15) is 0 Å². The Hall–Kier alpha value is -2.32. The van der Waals surface area contributed by atoms with Crippen molar-refractivity contribution < 1.29 is 9.53 Å². The van der Waals surface area contributed by atoms with Gasteiger partial charge in [-0.15, -0.1) is 11.3 Å². The van der Waals surface area contributed by atoms with E-state index in [-0.39, 0.29) is 11.7 Å². The Morgan fingerprint density at radius 3 is 2.71 bits per heavy atom. The summed E-state index contributed by atoms with van der Waals surface area (Å²) in [5.41, 5.74) is 2.06. The van der Waals surface area contributed by atoms with E-state index in [2.05, 4.69) is 0 Å². The van der Waals surface area contributed by atoms with Crippen LogP contribution in [0, 0.1) is 13.8 Å². The molecule has 0 atom stereocenters. The number of aryl methyl sites for hydroxylation is 2. The molecule has 6 nitrogen and oxygen atoms in total. The molecule has 0 saturated carbocycles. The zero-order chi connectivity index (χ0) is 19.7. The predicted octanol–water partition coefficient (Wildman–Crippen LogP) is 3.67. The maximum absolute atomic E-state index is 13.3. The predicted molar refractivity (Wildman–Crippen MR) is 113 cm³/mol. The molecule has 0 aliphatic carbocycles. The van der Waals surface area contributed by atoms with Gasteiger partial charge in [-0.3, -0.25) is 9.36 Å². The van der Waals surface area contributed by atoms with Crippen LogP contribution < -0.4 is 5.56 Å². The fourth-order valence-electron chi connectivity index (χ4n) is 3.20. The number of amides is 1. The summed E-state index contributed by atoms with van der Waals surface area (Å²) in [5, 5.41) is 1.40. The van der Waals surface area contributed by atoms with Gasteiger partial charge in [-0.05, 0) is 25.0 Å². The van der Waals surface area contributed by atoms with Gasteiger partial charge in [-0.1, -0.05) is 42.1 Å². The molecule has 0 radical (unpaired) electrons. The largest absolute Gasteiger partial charge is 0.448 e. The van der Waals surface area contributed by atoms with Gasteiger partial charge in [0.05, 0.1) is 18.5 Å². The minimum atomic E-state index is -0.268. The normalized spacial score (nSPS) is 14.1. The molecule has 1 aliphatic heterocycles. The van der Waals surface area contributed by atoms with Crippen molar-refractivity contribution >= 4 is 39.4 Å². The monoisotopic (exact) mass is 415 g/mol. The van der Waals surface area contributed by atoms with Gasteiger partial charge in [0.25, 0.3) is 5.56 Å². The number of rotatable bonds is 6. The summed E-state index contributed by atoms with van der Waals surface area (Å²) in [5.74, 6) is 0.658. The van der Waals surface area contributed by atoms with Crippen molar-refractivity contribution in [3.8, 4) is 0 Å². The summed E-state index contributed by atoms with van der Waals surface area (Å²) < 4.78 is 6.73. The van der Waals surface area contributed by atoms with E-state index >= 15 is 0 Å². The third-order valence-corrected chi connectivity index (χ3v) is 6.93. The summed E-state index contributed by atoms with van der Waals surface area (Å²) in [6, 6.07) is 9.93. The molecule has 0 N–H and O–H groups in total. The van der Waals surface area contributed by atoms with E-state index in [1.54, 1.807) is 20.8 Å². The molecule has 0 bridgehead atoms. The van der Waals surface area contributed by atoms with Crippen molar-refractivity contribution in [2.24, 2.45) is 0 Å². The van der Waals surface area contributed by atoms with Crippen LogP contribution >= 0.6 is 23.1 Å². The second-order valence-electron chi connectivity index (χ2n) is 6.68. The highest BCUT2D eigenvalue weighted by atomic mass is 32.2. The number of cyclic esters (lactones) is 1. The van der Waals surface area contributed by atoms with Crippen LogP contribution in [0.5, 0.6) is 0 Å². The van der Waals surface area contributed by atoms with E-state index in [1.165, 1.54) is 11.8 Å². The van der Waals surface area contributed by atoms with E-state index < -0.39 is 0 Å². The third kappa shape index (κ3) is 3.66. The SMILES string of the molecule is Cc1sc2nc(SCCN3CCOC3=O)n(Cc3ccccc3)c(=O)c2c1C. The van der Waals surface area contributed by atoms with Crippen molar-refractivity contribution in [3.05, 3.63) is 56.7 Å². The van der Waals surface area contributed by atoms with Crippen molar-refractivity contribution in [2.75, 3.05) is 25.4 Å². The standard InChI is InChI=1S/C20H21N3O3S2/c1-13-14(2)28-17-16(13)18(24)23(12-15-6-4-3-5-7-15)19(21-17)27-11-9-22-8-10-26-20(22)25/h3-7H,8-12H2,1-2H3. The van der Waals surface area contributed by atoms with Crippen molar-refractivity contribution in [2.45, 2.75) is 25.5 Å². The number of fused-ring (bicyclic) bond motifs is 1. The molecular formula is C20H21N3O3S2. The smallest absolute Gasteiger partial charge is 0.409 e. The Labute approximate surface area is 171 Å². The number of ether oxygens (including phenoxy) is 1. The molecule has 1 fully saturated rings. The number of carbonyl (C=O) groups is 1. The van der Waals surface area contributed by atoms with E-state index in [4.69, 9.17) is 9.72 Å². The van der Waals surface area contributed by atoms with Crippen LogP contribution in [0.4, 0.5) is 4.79 Å². The van der Waals surface area contributed by atoms with E-state index in [1.807, 2.05) is 44.2 Å². The number of hydrogen-bond donors (Lipinski definition) is 0. The van der Waals surface area contributed by atoms with Gasteiger partial charge in [0.1, 0.15) is 11.4 Å². The highest BCUT2D eigenvalue weighted by molar-refractivity contribution is 7.99. The number of nitrogens with zero attached hydrogens (tertiary/aromatic N) is 3. The maximum atomic E-state index is 13.3. The average molecular weight is 416 g/mol. The lowest BCUT2D eigenvalue weighted by Crippen LogP contribution is -2.27. The van der Waals surface area contributed by atoms with Crippen molar-refractivity contribution in [1.29, 1.82) is 0 Å². The summed E-state index contributed by atoms with van der Waals surface area (Å²) in [6.45, 7) is 6.12. The minimum absolute atomic E-state index is 0.00112. The molecule has 146 valence electrons. The lowest BCUT2D eigenvalue weighted by Gasteiger charge is -2.14. The fourth-order valence-corrected chi connectivity index (χ4v) is 5.23. The number of aromatic nitrogens is 2. The highest BCUT2D eigenvalue weighted by Gasteiger charge is 2.22. The molecule has 1 amide bonds. The molecule has 1 aromatic carbocycles. The van der Waals surface area contributed by atoms with Gasteiger partial charge in [0.2, 0.25) is 0 Å². The second kappa shape index (κ2) is 7.97. The number of benzene rings is 1. The van der Waals surface area contributed by atoms with Crippen molar-refractivity contribution in [1.82, 2.24) is 14.5 Å². The molecule has 8 heteroatoms. The van der Waals surface area contributed by atoms with E-state index in [9.17, 15) is 9.59 Å². The summed E-state index contributed by atoms with van der Waals surface area (Å²) in [4.78, 5) is 33.3. The summed E-state index contributed by atoms with van der Waals surface area (Å²) in [7, 11) is 0. The van der Waals surface area contributed by atoms with Gasteiger partial charge >= 0.3 is 6.09 Å². The van der Waals surface area contributed by atoms with E-state index in [0.29, 0.717) is 42.5 Å². The molecule has 1 saturated heterocycles. The van der Waals surface area contributed by atoms with Crippen LogP contribution in [0.25, 0.3) is 10.2 Å². The number of carbonyl (C=O) groups excluding carboxylic acids is 1. The van der Waals surface area contributed by atoms with Gasteiger partial charge in [-0.25, -0.2) is 9.78 Å². The molecular weight excluding hydrogens is 394 g/mol. The van der Waals surface area contributed by atoms with Gasteiger partial charge < -0.3 is 9.64 Å². The van der Waals surface area contributed by atoms with Gasteiger partial charge in [0.15, 0.2) is 5.16 Å². The molecule has 4 rings (SSSR count). The fraction of sp³-hybridized carbons (Fsp3) is 0.350. The lowest BCUT2D eigenvalue weighted by molar-refractivity contribution is 0.160. The number of thioether (sulfide) groups is 1. The lowest BCUT2D eigenvalue weighted by atomic mass is 10.2. The van der Waals surface area contributed by atoms with Crippen LogP contribution in [0.15, 0.2) is 40.3 Å². The first-order valence-electron chi connectivity index (χ1n) is 9.13. The molecule has 3 aromatic rings. The van der Waals surface area contributed by atoms with E-state index in [0.717, 1.165) is 20.8 Å². The molecule has 3 heterocycles. The molecule has 1 aliphatic rings. The molecule has 2 aromatic heterocycles. The minimum Gasteiger partial charge on any atom is -0.448 e. The first-order valence-corrected chi connectivity index (χ1v) is 10.9. The van der Waals surface area contributed by atoms with Gasteiger partial charge in [0, 0.05) is 17.2 Å². The quantitative estimate of drug-likeness (QED) is 0.454. The first kappa shape index (κ1) is 19.0. The number of hydrogen-bond acceptors (Lipinski definition) is 6. The third-order valence-electron chi connectivity index (χ3n) is 4.87. The Morgan fingerprint density at radius 1 is 1.21 bits per heavy atom. The Balaban J connectivity index is 1.67. The topological polar surface area (TPSA) is 64.4 Å². The summed E-state index contributed by atoms with van der Waals surface area (Å²) in [6.07, 6.45) is -0.268. The molecule has 0 spiro atoms. The Kier molecular flexibility index (Phi) is 5.41. The maximum Gasteiger partial charge on any atom is 0.409 e. The van der Waals surface area contributed by atoms with Crippen LogP contribution in [0.3, 0.4) is 0 Å². The van der Waals surface area contributed by atoms with Crippen molar-refractivity contribution in [3.63, 3.8) is 0 Å². The average Bonchev–Trinajstić information content (AvgIpc) is 3.22. The van der Waals surface area contributed by atoms with Crippen LogP contribution in [-0.4, -0.2) is 46.0 Å².